The highest BCUT2D eigenvalue weighted by atomic mass is 16.1. The number of hydrogen-bond acceptors (Lipinski definition) is 3. The first-order valence-electron chi connectivity index (χ1n) is 11.8. The Hall–Kier alpha value is -3.20. The molecule has 0 atom stereocenters. The fourth-order valence-electron chi connectivity index (χ4n) is 5.31. The number of carbonyl (C=O) groups is 1. The van der Waals surface area contributed by atoms with Crippen LogP contribution in [-0.2, 0) is 10.8 Å². The highest BCUT2D eigenvalue weighted by Crippen LogP contribution is 2.51. The number of aliphatic imine (C=N–C) groups is 1. The van der Waals surface area contributed by atoms with Gasteiger partial charge in [0.05, 0.1) is 22.8 Å². The molecule has 33 heavy (non-hydrogen) atoms. The van der Waals surface area contributed by atoms with Gasteiger partial charge in [0.1, 0.15) is 0 Å². The van der Waals surface area contributed by atoms with Crippen molar-refractivity contribution in [2.24, 2.45) is 4.99 Å². The van der Waals surface area contributed by atoms with Crippen LogP contribution in [0.25, 0.3) is 0 Å². The Morgan fingerprint density at radius 1 is 0.848 bits per heavy atom. The zero-order valence-corrected chi connectivity index (χ0v) is 20.5. The Labute approximate surface area is 197 Å². The molecule has 3 aromatic rings. The number of hydrogen-bond donors (Lipinski definition) is 0. The third-order valence-electron chi connectivity index (χ3n) is 7.63. The summed E-state index contributed by atoms with van der Waals surface area (Å²) in [5.41, 5.74) is 10.2. The molecule has 1 aliphatic carbocycles. The molecule has 168 valence electrons. The number of Topliss-reactive ketones (excluding diaryl/α,β-unsaturated/α-hetero) is 1. The molecule has 1 heterocycles. The zero-order valence-electron chi connectivity index (χ0n) is 20.5. The van der Waals surface area contributed by atoms with Crippen LogP contribution >= 0.6 is 0 Å². The van der Waals surface area contributed by atoms with Gasteiger partial charge in [-0.15, -0.1) is 0 Å². The fourth-order valence-corrected chi connectivity index (χ4v) is 5.31. The van der Waals surface area contributed by atoms with E-state index in [4.69, 9.17) is 4.99 Å². The number of ketones is 1. The monoisotopic (exact) mass is 436 g/mol. The Morgan fingerprint density at radius 2 is 1.45 bits per heavy atom. The Balaban J connectivity index is 1.78. The summed E-state index contributed by atoms with van der Waals surface area (Å²) in [7, 11) is 2.14. The SMILES string of the molecule is CC(=O)c1ccc(C2=Nc3cc4c(cc3N(C)c3ccccc32)C(C)(C)CCC4(C)C)cc1. The van der Waals surface area contributed by atoms with Crippen LogP contribution in [0, 0.1) is 0 Å². The summed E-state index contributed by atoms with van der Waals surface area (Å²) in [6.45, 7) is 11.0. The largest absolute Gasteiger partial charge is 0.342 e. The molecule has 0 spiro atoms. The van der Waals surface area contributed by atoms with E-state index in [9.17, 15) is 4.79 Å². The predicted octanol–water partition coefficient (Wildman–Crippen LogP) is 7.49. The molecule has 0 N–H and O–H groups in total. The summed E-state index contributed by atoms with van der Waals surface area (Å²) in [6, 6.07) is 21.0. The third-order valence-corrected chi connectivity index (χ3v) is 7.63. The molecule has 0 saturated carbocycles. The first-order chi connectivity index (χ1) is 15.6. The van der Waals surface area contributed by atoms with Crippen molar-refractivity contribution in [3.05, 3.63) is 88.5 Å². The van der Waals surface area contributed by atoms with Crippen LogP contribution in [0.15, 0.2) is 65.7 Å². The summed E-state index contributed by atoms with van der Waals surface area (Å²) in [5, 5.41) is 0. The smallest absolute Gasteiger partial charge is 0.159 e. The van der Waals surface area contributed by atoms with Crippen molar-refractivity contribution in [1.29, 1.82) is 0 Å². The molecule has 3 nitrogen and oxygen atoms in total. The molecule has 0 saturated heterocycles. The van der Waals surface area contributed by atoms with E-state index in [-0.39, 0.29) is 16.6 Å². The van der Waals surface area contributed by atoms with Gasteiger partial charge in [-0.1, -0.05) is 70.2 Å². The summed E-state index contributed by atoms with van der Waals surface area (Å²) >= 11 is 0. The van der Waals surface area contributed by atoms with Crippen LogP contribution in [0.4, 0.5) is 17.1 Å². The standard InChI is InChI=1S/C30H32N2O/c1-19(33)20-11-13-21(14-12-20)28-22-9-7-8-10-26(22)32(6)27-18-24-23(17-25(27)31-28)29(2,3)15-16-30(24,4)5/h7-14,17-18H,15-16H2,1-6H3. The molecule has 2 aliphatic rings. The first kappa shape index (κ1) is 21.6. The highest BCUT2D eigenvalue weighted by Gasteiger charge is 2.38. The quantitative estimate of drug-likeness (QED) is 0.390. The number of benzene rings is 3. The maximum absolute atomic E-state index is 11.8. The minimum atomic E-state index is 0.0753. The van der Waals surface area contributed by atoms with Gasteiger partial charge in [-0.3, -0.25) is 4.79 Å². The number of para-hydroxylation sites is 1. The van der Waals surface area contributed by atoms with E-state index in [2.05, 4.69) is 76.0 Å². The molecule has 0 amide bonds. The molecule has 0 radical (unpaired) electrons. The van der Waals surface area contributed by atoms with E-state index in [1.807, 2.05) is 24.3 Å². The van der Waals surface area contributed by atoms with Gasteiger partial charge in [-0.25, -0.2) is 4.99 Å². The van der Waals surface area contributed by atoms with Crippen LogP contribution in [-0.4, -0.2) is 18.5 Å². The van der Waals surface area contributed by atoms with Gasteiger partial charge in [0.15, 0.2) is 5.78 Å². The van der Waals surface area contributed by atoms with Crippen molar-refractivity contribution in [1.82, 2.24) is 0 Å². The molecule has 0 fully saturated rings. The van der Waals surface area contributed by atoms with Gasteiger partial charge in [0.2, 0.25) is 0 Å². The molecule has 5 rings (SSSR count). The van der Waals surface area contributed by atoms with Crippen LogP contribution in [0.3, 0.4) is 0 Å². The van der Waals surface area contributed by atoms with E-state index in [0.717, 1.165) is 39.5 Å². The Bertz CT molecular complexity index is 1300. The van der Waals surface area contributed by atoms with Crippen LogP contribution in [0.1, 0.15) is 80.1 Å². The van der Waals surface area contributed by atoms with Crippen LogP contribution in [0.5, 0.6) is 0 Å². The minimum Gasteiger partial charge on any atom is -0.342 e. The number of nitrogens with zero attached hydrogens (tertiary/aromatic N) is 2. The van der Waals surface area contributed by atoms with Crippen molar-refractivity contribution in [3.63, 3.8) is 0 Å². The molecule has 3 heteroatoms. The molecule has 3 aromatic carbocycles. The number of fused-ring (bicyclic) bond motifs is 3. The molecule has 0 bridgehead atoms. The third kappa shape index (κ3) is 3.51. The zero-order chi connectivity index (χ0) is 23.5. The van der Waals surface area contributed by atoms with Crippen molar-refractivity contribution < 1.29 is 4.79 Å². The van der Waals surface area contributed by atoms with Crippen molar-refractivity contribution in [3.8, 4) is 0 Å². The van der Waals surface area contributed by atoms with Crippen LogP contribution in [0.2, 0.25) is 0 Å². The van der Waals surface area contributed by atoms with E-state index in [0.29, 0.717) is 0 Å². The Kier molecular flexibility index (Phi) is 4.86. The van der Waals surface area contributed by atoms with E-state index in [1.54, 1.807) is 6.92 Å². The molecule has 1 aliphatic heterocycles. The second kappa shape index (κ2) is 7.41. The van der Waals surface area contributed by atoms with Gasteiger partial charge in [0.25, 0.3) is 0 Å². The Morgan fingerprint density at radius 3 is 2.09 bits per heavy atom. The van der Waals surface area contributed by atoms with E-state index < -0.39 is 0 Å². The van der Waals surface area contributed by atoms with Crippen molar-refractivity contribution >= 4 is 28.6 Å². The summed E-state index contributed by atoms with van der Waals surface area (Å²) in [4.78, 5) is 19.4. The number of rotatable bonds is 2. The van der Waals surface area contributed by atoms with Gasteiger partial charge < -0.3 is 4.90 Å². The first-order valence-corrected chi connectivity index (χ1v) is 11.8. The highest BCUT2D eigenvalue weighted by molar-refractivity contribution is 6.19. The van der Waals surface area contributed by atoms with Gasteiger partial charge in [0, 0.05) is 23.7 Å². The van der Waals surface area contributed by atoms with Crippen molar-refractivity contribution in [2.75, 3.05) is 11.9 Å². The van der Waals surface area contributed by atoms with Crippen molar-refractivity contribution in [2.45, 2.75) is 58.3 Å². The molecule has 0 unspecified atom stereocenters. The van der Waals surface area contributed by atoms with Gasteiger partial charge in [-0.05, 0) is 59.9 Å². The lowest BCUT2D eigenvalue weighted by molar-refractivity contribution is 0.101. The van der Waals surface area contributed by atoms with Crippen LogP contribution < -0.4 is 4.90 Å². The minimum absolute atomic E-state index is 0.0753. The topological polar surface area (TPSA) is 32.7 Å². The maximum atomic E-state index is 11.8. The van der Waals surface area contributed by atoms with E-state index >= 15 is 0 Å². The number of anilines is 2. The average molecular weight is 437 g/mol. The van der Waals surface area contributed by atoms with Gasteiger partial charge >= 0.3 is 0 Å². The molecular formula is C30H32N2O. The summed E-state index contributed by atoms with van der Waals surface area (Å²) in [6.07, 6.45) is 2.36. The molecule has 0 aromatic heterocycles. The second-order valence-electron chi connectivity index (χ2n) is 10.8. The maximum Gasteiger partial charge on any atom is 0.159 e. The number of carbonyl (C=O) groups excluding carboxylic acids is 1. The lowest BCUT2D eigenvalue weighted by Gasteiger charge is -2.42. The normalized spacial score (nSPS) is 17.9. The lowest BCUT2D eigenvalue weighted by atomic mass is 9.63. The summed E-state index contributed by atoms with van der Waals surface area (Å²) < 4.78 is 0. The van der Waals surface area contributed by atoms with Gasteiger partial charge in [-0.2, -0.15) is 0 Å². The lowest BCUT2D eigenvalue weighted by Crippen LogP contribution is -2.34. The summed E-state index contributed by atoms with van der Waals surface area (Å²) in [5.74, 6) is 0.0753. The average Bonchev–Trinajstić information content (AvgIpc) is 2.91. The van der Waals surface area contributed by atoms with E-state index in [1.165, 1.54) is 24.0 Å². The second-order valence-corrected chi connectivity index (χ2v) is 10.8. The fraction of sp³-hybridized carbons (Fsp3) is 0.333. The predicted molar refractivity (Wildman–Crippen MR) is 138 cm³/mol. The molecular weight excluding hydrogens is 404 g/mol.